The summed E-state index contributed by atoms with van der Waals surface area (Å²) in [5.74, 6) is 1.36. The van der Waals surface area contributed by atoms with Crippen LogP contribution in [0.1, 0.15) is 31.6 Å². The first-order valence-corrected chi connectivity index (χ1v) is 11.4. The van der Waals surface area contributed by atoms with E-state index in [0.29, 0.717) is 26.8 Å². The lowest BCUT2D eigenvalue weighted by Gasteiger charge is -2.08. The minimum atomic E-state index is -0.159. The Morgan fingerprint density at radius 3 is 2.54 bits per heavy atom. The Hall–Kier alpha value is -1.54. The van der Waals surface area contributed by atoms with E-state index >= 15 is 0 Å². The average Bonchev–Trinajstić information content (AvgIpc) is 3.25. The normalized spacial score (nSPS) is 11.2. The Kier molecular flexibility index (Phi) is 7.04. The number of thiophene rings is 1. The Morgan fingerprint density at radius 1 is 1.21 bits per heavy atom. The van der Waals surface area contributed by atoms with Crippen LogP contribution in [0, 0.1) is 0 Å². The predicted molar refractivity (Wildman–Crippen MR) is 119 cm³/mol. The third-order valence-corrected chi connectivity index (χ3v) is 6.60. The van der Waals surface area contributed by atoms with Gasteiger partial charge in [-0.1, -0.05) is 48.8 Å². The molecule has 1 aromatic carbocycles. The number of anilines is 1. The van der Waals surface area contributed by atoms with E-state index in [9.17, 15) is 4.79 Å². The number of benzene rings is 1. The van der Waals surface area contributed by atoms with Crippen molar-refractivity contribution in [1.82, 2.24) is 14.8 Å². The van der Waals surface area contributed by atoms with Crippen molar-refractivity contribution in [2.75, 3.05) is 11.1 Å². The Balaban J connectivity index is 1.69. The summed E-state index contributed by atoms with van der Waals surface area (Å²) < 4.78 is 2.03. The summed E-state index contributed by atoms with van der Waals surface area (Å²) in [7, 11) is 0. The maximum atomic E-state index is 12.3. The zero-order valence-corrected chi connectivity index (χ0v) is 18.8. The molecule has 0 aliphatic heterocycles. The van der Waals surface area contributed by atoms with Gasteiger partial charge in [0.2, 0.25) is 5.91 Å². The maximum Gasteiger partial charge on any atom is 0.234 e. The summed E-state index contributed by atoms with van der Waals surface area (Å²) in [6.07, 6.45) is 0. The van der Waals surface area contributed by atoms with Gasteiger partial charge in [0.05, 0.1) is 5.75 Å². The van der Waals surface area contributed by atoms with Crippen molar-refractivity contribution >= 4 is 57.9 Å². The highest BCUT2D eigenvalue weighted by atomic mass is 35.5. The van der Waals surface area contributed by atoms with Crippen molar-refractivity contribution in [3.8, 4) is 11.4 Å². The molecule has 0 aliphatic rings. The summed E-state index contributed by atoms with van der Waals surface area (Å²) in [6.45, 7) is 7.12. The van der Waals surface area contributed by atoms with Crippen LogP contribution in [-0.4, -0.2) is 26.4 Å². The zero-order valence-electron chi connectivity index (χ0n) is 15.7. The lowest BCUT2D eigenvalue weighted by Crippen LogP contribution is -2.14. The molecule has 1 N–H and O–H groups in total. The fourth-order valence-electron chi connectivity index (χ4n) is 2.62. The van der Waals surface area contributed by atoms with Gasteiger partial charge < -0.3 is 9.88 Å². The summed E-state index contributed by atoms with van der Waals surface area (Å²) in [5, 5.41) is 15.2. The largest absolute Gasteiger partial charge is 0.325 e. The molecule has 148 valence electrons. The molecular formula is C19H20Cl2N4OS2. The molecule has 28 heavy (non-hydrogen) atoms. The van der Waals surface area contributed by atoms with Crippen LogP contribution in [0.2, 0.25) is 10.0 Å². The van der Waals surface area contributed by atoms with Crippen molar-refractivity contribution in [3.63, 3.8) is 0 Å². The van der Waals surface area contributed by atoms with E-state index in [0.717, 1.165) is 17.9 Å². The molecule has 3 aromatic rings. The second-order valence-electron chi connectivity index (χ2n) is 6.44. The van der Waals surface area contributed by atoms with Gasteiger partial charge in [0, 0.05) is 38.1 Å². The number of carbonyl (C=O) groups is 1. The highest BCUT2D eigenvalue weighted by Crippen LogP contribution is 2.31. The summed E-state index contributed by atoms with van der Waals surface area (Å²) in [6, 6.07) is 7.10. The second-order valence-corrected chi connectivity index (χ2v) is 9.20. The number of halogens is 2. The van der Waals surface area contributed by atoms with Gasteiger partial charge in [-0.2, -0.15) is 0 Å². The summed E-state index contributed by atoms with van der Waals surface area (Å²) in [5.41, 5.74) is 1.63. The van der Waals surface area contributed by atoms with Crippen molar-refractivity contribution in [2.45, 2.75) is 38.4 Å². The molecule has 0 spiro atoms. The first-order valence-electron chi connectivity index (χ1n) is 8.78. The number of hydrogen-bond donors (Lipinski definition) is 1. The van der Waals surface area contributed by atoms with Crippen LogP contribution in [-0.2, 0) is 11.3 Å². The number of aromatic nitrogens is 3. The predicted octanol–water partition coefficient (Wildman–Crippen LogP) is 6.19. The second kappa shape index (κ2) is 9.31. The number of thioether (sulfide) groups is 1. The van der Waals surface area contributed by atoms with E-state index in [1.165, 1.54) is 16.6 Å². The van der Waals surface area contributed by atoms with Crippen LogP contribution in [0.5, 0.6) is 0 Å². The molecule has 2 heterocycles. The highest BCUT2D eigenvalue weighted by Gasteiger charge is 2.16. The molecular weight excluding hydrogens is 435 g/mol. The van der Waals surface area contributed by atoms with E-state index in [1.807, 2.05) is 11.5 Å². The number of amides is 1. The summed E-state index contributed by atoms with van der Waals surface area (Å²) >= 11 is 15.0. The highest BCUT2D eigenvalue weighted by molar-refractivity contribution is 7.99. The van der Waals surface area contributed by atoms with Crippen molar-refractivity contribution in [3.05, 3.63) is 44.6 Å². The smallest absolute Gasteiger partial charge is 0.234 e. The van der Waals surface area contributed by atoms with E-state index < -0.39 is 0 Å². The van der Waals surface area contributed by atoms with Crippen LogP contribution < -0.4 is 5.32 Å². The molecule has 0 bridgehead atoms. The van der Waals surface area contributed by atoms with Crippen molar-refractivity contribution in [1.29, 1.82) is 0 Å². The van der Waals surface area contributed by atoms with E-state index in [1.54, 1.807) is 29.5 Å². The average molecular weight is 455 g/mol. The molecule has 0 aliphatic carbocycles. The van der Waals surface area contributed by atoms with Gasteiger partial charge in [-0.25, -0.2) is 0 Å². The molecule has 0 fully saturated rings. The van der Waals surface area contributed by atoms with Gasteiger partial charge in [0.25, 0.3) is 0 Å². The molecule has 0 unspecified atom stereocenters. The Morgan fingerprint density at radius 2 is 1.93 bits per heavy atom. The Labute approximate surface area is 182 Å². The van der Waals surface area contributed by atoms with Gasteiger partial charge in [0.15, 0.2) is 11.0 Å². The van der Waals surface area contributed by atoms with Crippen molar-refractivity contribution in [2.24, 2.45) is 0 Å². The number of nitrogens with one attached hydrogen (secondary N) is 1. The quantitative estimate of drug-likeness (QED) is 0.432. The first kappa shape index (κ1) is 21.2. The summed E-state index contributed by atoms with van der Waals surface area (Å²) in [4.78, 5) is 13.6. The van der Waals surface area contributed by atoms with Crippen molar-refractivity contribution < 1.29 is 4.79 Å². The molecule has 0 atom stereocenters. The Bertz CT molecular complexity index is 964. The molecule has 0 saturated carbocycles. The number of rotatable bonds is 7. The van der Waals surface area contributed by atoms with Crippen LogP contribution in [0.4, 0.5) is 5.69 Å². The zero-order chi connectivity index (χ0) is 20.3. The van der Waals surface area contributed by atoms with Crippen LogP contribution in [0.3, 0.4) is 0 Å². The first-order chi connectivity index (χ1) is 13.4. The molecule has 2 aromatic heterocycles. The monoisotopic (exact) mass is 454 g/mol. The minimum Gasteiger partial charge on any atom is -0.325 e. The standard InChI is InChI=1S/C19H20Cl2N4OS2/c1-4-25-18(12-5-16(11(2)3)27-9-12)23-24-19(25)28-10-17(26)22-15-7-13(20)6-14(21)8-15/h5-9,11H,4,10H2,1-3H3,(H,22,26). The molecule has 9 heteroatoms. The maximum absolute atomic E-state index is 12.3. The van der Waals surface area contributed by atoms with Gasteiger partial charge in [-0.3, -0.25) is 4.79 Å². The SMILES string of the molecule is CCn1c(SCC(=O)Nc2cc(Cl)cc(Cl)c2)nnc1-c1csc(C(C)C)c1. The van der Waals surface area contributed by atoms with Gasteiger partial charge in [0.1, 0.15) is 0 Å². The molecule has 3 rings (SSSR count). The van der Waals surface area contributed by atoms with E-state index in [-0.39, 0.29) is 11.7 Å². The topological polar surface area (TPSA) is 59.8 Å². The lowest BCUT2D eigenvalue weighted by molar-refractivity contribution is -0.113. The molecule has 5 nitrogen and oxygen atoms in total. The van der Waals surface area contributed by atoms with E-state index in [2.05, 4.69) is 40.8 Å². The fraction of sp³-hybridized carbons (Fsp3) is 0.316. The third kappa shape index (κ3) is 5.08. The third-order valence-electron chi connectivity index (χ3n) is 3.96. The van der Waals surface area contributed by atoms with Gasteiger partial charge >= 0.3 is 0 Å². The van der Waals surface area contributed by atoms with Crippen LogP contribution in [0.15, 0.2) is 34.8 Å². The van der Waals surface area contributed by atoms with Gasteiger partial charge in [-0.15, -0.1) is 21.5 Å². The molecule has 1 amide bonds. The molecule has 0 radical (unpaired) electrons. The number of nitrogens with zero attached hydrogens (tertiary/aromatic N) is 3. The minimum absolute atomic E-state index is 0.159. The number of carbonyl (C=O) groups excluding carboxylic acids is 1. The molecule has 0 saturated heterocycles. The van der Waals surface area contributed by atoms with Crippen LogP contribution >= 0.6 is 46.3 Å². The van der Waals surface area contributed by atoms with Gasteiger partial charge in [-0.05, 0) is 37.1 Å². The van der Waals surface area contributed by atoms with Crippen LogP contribution in [0.25, 0.3) is 11.4 Å². The lowest BCUT2D eigenvalue weighted by atomic mass is 10.1. The fourth-order valence-corrected chi connectivity index (χ4v) is 4.85. The van der Waals surface area contributed by atoms with E-state index in [4.69, 9.17) is 23.2 Å². The number of hydrogen-bond acceptors (Lipinski definition) is 5.